The molecule has 144 valence electrons. The van der Waals surface area contributed by atoms with Crippen molar-refractivity contribution < 1.29 is 14.6 Å². The lowest BCUT2D eigenvalue weighted by molar-refractivity contribution is 0.152. The summed E-state index contributed by atoms with van der Waals surface area (Å²) in [6.07, 6.45) is 3.03. The Morgan fingerprint density at radius 1 is 1.04 bits per heavy atom. The van der Waals surface area contributed by atoms with Crippen LogP contribution in [0.4, 0.5) is 0 Å². The van der Waals surface area contributed by atoms with Gasteiger partial charge in [0.05, 0.1) is 24.8 Å². The number of rotatable bonds is 10. The molecule has 0 bridgehead atoms. The van der Waals surface area contributed by atoms with Crippen LogP contribution in [0.3, 0.4) is 0 Å². The number of aliphatic hydroxyl groups excluding tert-OH is 1. The number of benzene rings is 2. The van der Waals surface area contributed by atoms with Gasteiger partial charge < -0.3 is 19.1 Å². The zero-order valence-electron chi connectivity index (χ0n) is 16.1. The van der Waals surface area contributed by atoms with E-state index in [0.29, 0.717) is 6.61 Å². The highest BCUT2D eigenvalue weighted by Gasteiger charge is 2.17. The molecule has 5 heteroatoms. The minimum Gasteiger partial charge on any atom is -0.497 e. The summed E-state index contributed by atoms with van der Waals surface area (Å²) in [5.41, 5.74) is 2.02. The third-order valence-corrected chi connectivity index (χ3v) is 4.65. The molecule has 0 radical (unpaired) electrons. The van der Waals surface area contributed by atoms with Crippen molar-refractivity contribution in [3.05, 3.63) is 54.4 Å². The smallest absolute Gasteiger partial charge is 0.138 e. The summed E-state index contributed by atoms with van der Waals surface area (Å²) in [5, 5.41) is 10.5. The first-order valence-corrected chi connectivity index (χ1v) is 9.63. The number of aromatic nitrogens is 2. The van der Waals surface area contributed by atoms with Gasteiger partial charge in [-0.15, -0.1) is 0 Å². The highest BCUT2D eigenvalue weighted by Crippen LogP contribution is 2.24. The second kappa shape index (κ2) is 9.42. The molecule has 0 fully saturated rings. The number of fused-ring (bicyclic) bond motifs is 1. The van der Waals surface area contributed by atoms with Crippen molar-refractivity contribution in [3.8, 4) is 11.5 Å². The van der Waals surface area contributed by atoms with Crippen LogP contribution in [0, 0.1) is 0 Å². The van der Waals surface area contributed by atoms with Gasteiger partial charge in [-0.05, 0) is 55.7 Å². The summed E-state index contributed by atoms with van der Waals surface area (Å²) in [6, 6.07) is 15.7. The number of hydrogen-bond acceptors (Lipinski definition) is 4. The van der Waals surface area contributed by atoms with Gasteiger partial charge in [0.25, 0.3) is 0 Å². The number of aryl methyl sites for hydroxylation is 1. The summed E-state index contributed by atoms with van der Waals surface area (Å²) >= 11 is 0. The maximum absolute atomic E-state index is 10.5. The van der Waals surface area contributed by atoms with Gasteiger partial charge in [0.1, 0.15) is 23.4 Å². The number of unbranched alkanes of at least 4 members (excludes halogenated alkanes) is 1. The van der Waals surface area contributed by atoms with Crippen LogP contribution >= 0.6 is 0 Å². The molecule has 1 heterocycles. The minimum atomic E-state index is -0.516. The molecule has 27 heavy (non-hydrogen) atoms. The molecule has 0 aliphatic rings. The summed E-state index contributed by atoms with van der Waals surface area (Å²) in [6.45, 7) is 3.56. The van der Waals surface area contributed by atoms with E-state index in [-0.39, 0.29) is 0 Å². The molecule has 0 amide bonds. The second-order valence-electron chi connectivity index (χ2n) is 6.65. The Labute approximate surface area is 160 Å². The predicted molar refractivity (Wildman–Crippen MR) is 107 cm³/mol. The van der Waals surface area contributed by atoms with Gasteiger partial charge >= 0.3 is 0 Å². The van der Waals surface area contributed by atoms with Gasteiger partial charge in [0.15, 0.2) is 0 Å². The molecular weight excluding hydrogens is 340 g/mol. The lowest BCUT2D eigenvalue weighted by Gasteiger charge is -2.13. The van der Waals surface area contributed by atoms with Crippen molar-refractivity contribution in [2.24, 2.45) is 0 Å². The van der Waals surface area contributed by atoms with E-state index >= 15 is 0 Å². The molecule has 1 atom stereocenters. The van der Waals surface area contributed by atoms with Gasteiger partial charge in [-0.25, -0.2) is 4.98 Å². The van der Waals surface area contributed by atoms with E-state index in [4.69, 9.17) is 9.47 Å². The minimum absolute atomic E-state index is 0.516. The third-order valence-electron chi connectivity index (χ3n) is 4.65. The Kier molecular flexibility index (Phi) is 6.71. The number of nitrogens with zero attached hydrogens (tertiary/aromatic N) is 2. The summed E-state index contributed by atoms with van der Waals surface area (Å²) in [5.74, 6) is 2.45. The average Bonchev–Trinajstić information content (AvgIpc) is 3.07. The maximum Gasteiger partial charge on any atom is 0.138 e. The van der Waals surface area contributed by atoms with Crippen molar-refractivity contribution in [2.75, 3.05) is 13.7 Å². The molecule has 0 spiro atoms. The summed E-state index contributed by atoms with van der Waals surface area (Å²) < 4.78 is 13.1. The second-order valence-corrected chi connectivity index (χ2v) is 6.65. The molecule has 0 saturated heterocycles. The number of methoxy groups -OCH3 is 1. The fourth-order valence-electron chi connectivity index (χ4n) is 3.22. The van der Waals surface area contributed by atoms with E-state index in [2.05, 4.69) is 22.5 Å². The van der Waals surface area contributed by atoms with Crippen LogP contribution in [0.2, 0.25) is 0 Å². The summed E-state index contributed by atoms with van der Waals surface area (Å²) in [7, 11) is 1.65. The number of para-hydroxylation sites is 2. The highest BCUT2D eigenvalue weighted by molar-refractivity contribution is 5.76. The van der Waals surface area contributed by atoms with Gasteiger partial charge in [-0.2, -0.15) is 0 Å². The molecule has 0 saturated carbocycles. The first-order valence-electron chi connectivity index (χ1n) is 9.63. The Bertz CT molecular complexity index is 842. The van der Waals surface area contributed by atoms with Crippen molar-refractivity contribution in [2.45, 2.75) is 45.3 Å². The van der Waals surface area contributed by atoms with E-state index in [1.165, 1.54) is 0 Å². The fourth-order valence-corrected chi connectivity index (χ4v) is 3.22. The SMILES string of the molecule is CCC[C@@H](O)c1nc2ccccc2n1CCCCOc1ccc(OC)cc1. The summed E-state index contributed by atoms with van der Waals surface area (Å²) in [4.78, 5) is 4.66. The monoisotopic (exact) mass is 368 g/mol. The molecule has 0 aliphatic carbocycles. The van der Waals surface area contributed by atoms with Crippen LogP contribution in [-0.2, 0) is 6.54 Å². The van der Waals surface area contributed by atoms with Crippen LogP contribution in [0.25, 0.3) is 11.0 Å². The quantitative estimate of drug-likeness (QED) is 0.525. The molecule has 2 aromatic carbocycles. The number of ether oxygens (including phenoxy) is 2. The molecular formula is C22H28N2O3. The predicted octanol–water partition coefficient (Wildman–Crippen LogP) is 4.74. The van der Waals surface area contributed by atoms with E-state index < -0.39 is 6.10 Å². The van der Waals surface area contributed by atoms with Crippen molar-refractivity contribution in [3.63, 3.8) is 0 Å². The zero-order valence-corrected chi connectivity index (χ0v) is 16.1. The molecule has 0 aliphatic heterocycles. The van der Waals surface area contributed by atoms with Crippen molar-refractivity contribution in [1.82, 2.24) is 9.55 Å². The lowest BCUT2D eigenvalue weighted by atomic mass is 10.2. The molecule has 3 rings (SSSR count). The topological polar surface area (TPSA) is 56.5 Å². The van der Waals surface area contributed by atoms with Crippen LogP contribution < -0.4 is 9.47 Å². The van der Waals surface area contributed by atoms with Gasteiger partial charge in [-0.1, -0.05) is 25.5 Å². The molecule has 0 unspecified atom stereocenters. The first kappa shape index (κ1) is 19.2. The van der Waals surface area contributed by atoms with E-state index in [1.807, 2.05) is 42.5 Å². The number of hydrogen-bond donors (Lipinski definition) is 1. The van der Waals surface area contributed by atoms with Crippen LogP contribution in [0.15, 0.2) is 48.5 Å². The standard InChI is InChI=1S/C22H28N2O3/c1-3-8-21(25)22-23-19-9-4-5-10-20(19)24(22)15-6-7-16-27-18-13-11-17(26-2)12-14-18/h4-5,9-14,21,25H,3,6-8,15-16H2,1-2H3/t21-/m1/s1. The molecule has 5 nitrogen and oxygen atoms in total. The largest absolute Gasteiger partial charge is 0.497 e. The number of imidazole rings is 1. The van der Waals surface area contributed by atoms with Crippen LogP contribution in [-0.4, -0.2) is 28.4 Å². The lowest BCUT2D eigenvalue weighted by Crippen LogP contribution is -2.10. The Morgan fingerprint density at radius 2 is 1.78 bits per heavy atom. The Morgan fingerprint density at radius 3 is 2.52 bits per heavy atom. The van der Waals surface area contributed by atoms with E-state index in [9.17, 15) is 5.11 Å². The molecule has 3 aromatic rings. The highest BCUT2D eigenvalue weighted by atomic mass is 16.5. The zero-order chi connectivity index (χ0) is 19.1. The fraction of sp³-hybridized carbons (Fsp3) is 0.409. The van der Waals surface area contributed by atoms with Crippen molar-refractivity contribution >= 4 is 11.0 Å². The first-order chi connectivity index (χ1) is 13.2. The van der Waals surface area contributed by atoms with Gasteiger partial charge in [0, 0.05) is 6.54 Å². The van der Waals surface area contributed by atoms with E-state index in [0.717, 1.165) is 60.6 Å². The van der Waals surface area contributed by atoms with Crippen LogP contribution in [0.5, 0.6) is 11.5 Å². The molecule has 1 N–H and O–H groups in total. The average molecular weight is 368 g/mol. The third kappa shape index (κ3) is 4.80. The van der Waals surface area contributed by atoms with E-state index in [1.54, 1.807) is 7.11 Å². The number of aliphatic hydroxyl groups is 1. The van der Waals surface area contributed by atoms with Gasteiger partial charge in [0.2, 0.25) is 0 Å². The Hall–Kier alpha value is -2.53. The van der Waals surface area contributed by atoms with Gasteiger partial charge in [-0.3, -0.25) is 0 Å². The molecule has 1 aromatic heterocycles. The van der Waals surface area contributed by atoms with Crippen LogP contribution in [0.1, 0.15) is 44.5 Å². The normalized spacial score (nSPS) is 12.3. The maximum atomic E-state index is 10.5. The Balaban J connectivity index is 1.58. The van der Waals surface area contributed by atoms with Crippen molar-refractivity contribution in [1.29, 1.82) is 0 Å².